The summed E-state index contributed by atoms with van der Waals surface area (Å²) in [5.74, 6) is 0.451. The van der Waals surface area contributed by atoms with E-state index in [9.17, 15) is 14.9 Å². The van der Waals surface area contributed by atoms with Crippen molar-refractivity contribution in [1.29, 1.82) is 0 Å². The zero-order valence-electron chi connectivity index (χ0n) is 13.6. The van der Waals surface area contributed by atoms with Crippen LogP contribution in [0.15, 0.2) is 29.2 Å². The van der Waals surface area contributed by atoms with Crippen LogP contribution < -0.4 is 10.5 Å². The van der Waals surface area contributed by atoms with Gasteiger partial charge in [0.05, 0.1) is 11.5 Å². The first-order valence-corrected chi connectivity index (χ1v) is 8.10. The average molecular weight is 332 g/mol. The molecule has 0 N–H and O–H groups in total. The third kappa shape index (κ3) is 3.09. The number of aromatic nitrogens is 2. The molecular weight excluding hydrogens is 312 g/mol. The molecule has 0 saturated carbocycles. The van der Waals surface area contributed by atoms with Crippen LogP contribution in [0.2, 0.25) is 0 Å². The van der Waals surface area contributed by atoms with Gasteiger partial charge in [-0.15, -0.1) is 0 Å². The molecule has 8 nitrogen and oxygen atoms in total. The Morgan fingerprint density at radius 1 is 1.46 bits per heavy atom. The molecular formula is C16H20N4O4. The van der Waals surface area contributed by atoms with Gasteiger partial charge in [0.25, 0.3) is 0 Å². The number of nitrogens with zero attached hydrogens (tertiary/aromatic N) is 4. The minimum atomic E-state index is -0.646. The van der Waals surface area contributed by atoms with Crippen molar-refractivity contribution in [3.63, 3.8) is 0 Å². The minimum absolute atomic E-state index is 0.164. The molecule has 1 fully saturated rings. The molecule has 0 bridgehead atoms. The Bertz CT molecular complexity index is 804. The maximum atomic E-state index is 12.5. The van der Waals surface area contributed by atoms with Crippen molar-refractivity contribution in [2.45, 2.75) is 19.8 Å². The highest BCUT2D eigenvalue weighted by molar-refractivity contribution is 5.61. The number of anilines is 1. The molecule has 1 saturated heterocycles. The normalized spacial score (nSPS) is 18.0. The van der Waals surface area contributed by atoms with Crippen LogP contribution in [-0.2, 0) is 4.74 Å². The lowest BCUT2D eigenvalue weighted by Gasteiger charge is -2.33. The van der Waals surface area contributed by atoms with Crippen LogP contribution in [0, 0.1) is 16.0 Å². The van der Waals surface area contributed by atoms with E-state index in [0.29, 0.717) is 32.0 Å². The first kappa shape index (κ1) is 16.4. The number of ether oxygens (including phenoxy) is 1. The predicted molar refractivity (Wildman–Crippen MR) is 89.5 cm³/mol. The van der Waals surface area contributed by atoms with Crippen molar-refractivity contribution in [2.24, 2.45) is 5.92 Å². The molecule has 1 unspecified atom stereocenters. The number of fused-ring (bicyclic) bond motifs is 1. The van der Waals surface area contributed by atoms with Crippen LogP contribution in [-0.4, -0.2) is 40.6 Å². The second-order valence-electron chi connectivity index (χ2n) is 5.89. The molecule has 2 aromatic heterocycles. The number of piperidine rings is 1. The average Bonchev–Trinajstić information content (AvgIpc) is 2.59. The van der Waals surface area contributed by atoms with Crippen molar-refractivity contribution in [2.75, 3.05) is 31.2 Å². The van der Waals surface area contributed by atoms with Gasteiger partial charge in [0.1, 0.15) is 5.65 Å². The standard InChI is InChI=1S/C16H20N4O4/c1-2-24-11-12-6-5-8-18(10-12)15-14(20(22)23)16(21)19-9-4-3-7-13(19)17-15/h3-4,7,9,12H,2,5-6,8,10-11H2,1H3. The number of hydrogen-bond donors (Lipinski definition) is 0. The maximum Gasteiger partial charge on any atom is 0.376 e. The van der Waals surface area contributed by atoms with E-state index in [4.69, 9.17) is 4.74 Å². The maximum absolute atomic E-state index is 12.5. The predicted octanol–water partition coefficient (Wildman–Crippen LogP) is 1.86. The summed E-state index contributed by atoms with van der Waals surface area (Å²) < 4.78 is 6.69. The van der Waals surface area contributed by atoms with Gasteiger partial charge in [-0.2, -0.15) is 0 Å². The van der Waals surface area contributed by atoms with E-state index < -0.39 is 16.2 Å². The molecule has 3 heterocycles. The fourth-order valence-electron chi connectivity index (χ4n) is 3.13. The van der Waals surface area contributed by atoms with Crippen LogP contribution in [0.3, 0.4) is 0 Å². The van der Waals surface area contributed by atoms with Crippen LogP contribution in [0.25, 0.3) is 5.65 Å². The molecule has 0 aliphatic carbocycles. The number of nitro groups is 1. The summed E-state index contributed by atoms with van der Waals surface area (Å²) in [4.78, 5) is 29.6. The molecule has 0 aromatic carbocycles. The zero-order chi connectivity index (χ0) is 17.1. The van der Waals surface area contributed by atoms with Gasteiger partial charge in [0, 0.05) is 25.9 Å². The lowest BCUT2D eigenvalue weighted by molar-refractivity contribution is -0.385. The summed E-state index contributed by atoms with van der Waals surface area (Å²) in [7, 11) is 0. The van der Waals surface area contributed by atoms with Crippen molar-refractivity contribution >= 4 is 17.2 Å². The molecule has 24 heavy (non-hydrogen) atoms. The van der Waals surface area contributed by atoms with Gasteiger partial charge in [-0.25, -0.2) is 4.98 Å². The van der Waals surface area contributed by atoms with Crippen LogP contribution in [0.1, 0.15) is 19.8 Å². The van der Waals surface area contributed by atoms with Gasteiger partial charge >= 0.3 is 11.2 Å². The van der Waals surface area contributed by atoms with E-state index in [1.165, 1.54) is 10.6 Å². The van der Waals surface area contributed by atoms with E-state index in [1.54, 1.807) is 18.2 Å². The Morgan fingerprint density at radius 2 is 2.29 bits per heavy atom. The van der Waals surface area contributed by atoms with Crippen molar-refractivity contribution < 1.29 is 9.66 Å². The molecule has 1 aliphatic rings. The van der Waals surface area contributed by atoms with Gasteiger partial charge in [0.2, 0.25) is 5.82 Å². The monoisotopic (exact) mass is 332 g/mol. The van der Waals surface area contributed by atoms with Crippen LogP contribution >= 0.6 is 0 Å². The Balaban J connectivity index is 2.03. The molecule has 8 heteroatoms. The van der Waals surface area contributed by atoms with Crippen molar-refractivity contribution in [1.82, 2.24) is 9.38 Å². The summed E-state index contributed by atoms with van der Waals surface area (Å²) in [6, 6.07) is 5.08. The Hall–Kier alpha value is -2.48. The van der Waals surface area contributed by atoms with Gasteiger partial charge in [0.15, 0.2) is 0 Å². The van der Waals surface area contributed by atoms with Crippen molar-refractivity contribution in [3.05, 3.63) is 44.9 Å². The van der Waals surface area contributed by atoms with Crippen molar-refractivity contribution in [3.8, 4) is 0 Å². The second kappa shape index (κ2) is 6.96. The highest BCUT2D eigenvalue weighted by Crippen LogP contribution is 2.27. The SMILES string of the molecule is CCOCC1CCCN(c2nc3ccccn3c(=O)c2[N+](=O)[O-])C1. The lowest BCUT2D eigenvalue weighted by atomic mass is 9.99. The first-order chi connectivity index (χ1) is 11.6. The Labute approximate surface area is 138 Å². The number of rotatable bonds is 5. The van der Waals surface area contributed by atoms with E-state index in [2.05, 4.69) is 4.98 Å². The molecule has 128 valence electrons. The topological polar surface area (TPSA) is 90.0 Å². The highest BCUT2D eigenvalue weighted by Gasteiger charge is 2.30. The van der Waals surface area contributed by atoms with Gasteiger partial charge in [-0.3, -0.25) is 19.3 Å². The Morgan fingerprint density at radius 3 is 3.04 bits per heavy atom. The quantitative estimate of drug-likeness (QED) is 0.613. The molecule has 1 aliphatic heterocycles. The highest BCUT2D eigenvalue weighted by atomic mass is 16.6. The van der Waals surface area contributed by atoms with E-state index in [0.717, 1.165) is 12.8 Å². The van der Waals surface area contributed by atoms with E-state index >= 15 is 0 Å². The summed E-state index contributed by atoms with van der Waals surface area (Å²) in [5.41, 5.74) is -0.696. The second-order valence-corrected chi connectivity index (χ2v) is 5.89. The molecule has 2 aromatic rings. The summed E-state index contributed by atoms with van der Waals surface area (Å²) in [5, 5.41) is 11.5. The summed E-state index contributed by atoms with van der Waals surface area (Å²) in [6.07, 6.45) is 3.40. The summed E-state index contributed by atoms with van der Waals surface area (Å²) in [6.45, 7) is 4.46. The fourth-order valence-corrected chi connectivity index (χ4v) is 3.13. The minimum Gasteiger partial charge on any atom is -0.381 e. The lowest BCUT2D eigenvalue weighted by Crippen LogP contribution is -2.39. The van der Waals surface area contributed by atoms with E-state index in [-0.39, 0.29) is 11.7 Å². The van der Waals surface area contributed by atoms with Gasteiger partial charge < -0.3 is 9.64 Å². The molecule has 0 spiro atoms. The van der Waals surface area contributed by atoms with Gasteiger partial charge in [-0.1, -0.05) is 6.07 Å². The molecule has 1 atom stereocenters. The number of pyridine rings is 1. The third-order valence-corrected chi connectivity index (χ3v) is 4.25. The van der Waals surface area contributed by atoms with Crippen LogP contribution in [0.4, 0.5) is 11.5 Å². The largest absolute Gasteiger partial charge is 0.381 e. The van der Waals surface area contributed by atoms with Gasteiger partial charge in [-0.05, 0) is 37.8 Å². The van der Waals surface area contributed by atoms with E-state index in [1.807, 2.05) is 11.8 Å². The molecule has 0 amide bonds. The Kier molecular flexibility index (Phi) is 4.75. The molecule has 0 radical (unpaired) electrons. The number of hydrogen-bond acceptors (Lipinski definition) is 6. The van der Waals surface area contributed by atoms with Crippen LogP contribution in [0.5, 0.6) is 0 Å². The first-order valence-electron chi connectivity index (χ1n) is 8.10. The fraction of sp³-hybridized carbons (Fsp3) is 0.500. The smallest absolute Gasteiger partial charge is 0.376 e. The third-order valence-electron chi connectivity index (χ3n) is 4.25. The zero-order valence-corrected chi connectivity index (χ0v) is 13.6. The summed E-state index contributed by atoms with van der Waals surface area (Å²) >= 11 is 0. The molecule has 3 rings (SSSR count).